The van der Waals surface area contributed by atoms with E-state index in [2.05, 4.69) is 20.6 Å². The van der Waals surface area contributed by atoms with E-state index in [0.717, 1.165) is 16.3 Å². The van der Waals surface area contributed by atoms with Gasteiger partial charge in [-0.3, -0.25) is 4.99 Å². The van der Waals surface area contributed by atoms with Crippen LogP contribution in [0.2, 0.25) is 5.02 Å². The first-order chi connectivity index (χ1) is 13.9. The highest BCUT2D eigenvalue weighted by molar-refractivity contribution is 7.13. The van der Waals surface area contributed by atoms with E-state index in [9.17, 15) is 4.79 Å². The highest BCUT2D eigenvalue weighted by atomic mass is 35.5. The number of aromatic nitrogens is 1. The van der Waals surface area contributed by atoms with Crippen LogP contribution < -0.4 is 15.4 Å². The van der Waals surface area contributed by atoms with E-state index in [-0.39, 0.29) is 12.0 Å². The van der Waals surface area contributed by atoms with Crippen molar-refractivity contribution in [2.24, 2.45) is 4.99 Å². The largest absolute Gasteiger partial charge is 0.493 e. The van der Waals surface area contributed by atoms with Gasteiger partial charge in [0.1, 0.15) is 15.6 Å². The molecule has 0 aliphatic rings. The van der Waals surface area contributed by atoms with Gasteiger partial charge >= 0.3 is 5.97 Å². The summed E-state index contributed by atoms with van der Waals surface area (Å²) in [5.41, 5.74) is 1.64. The minimum Gasteiger partial charge on any atom is -0.493 e. The number of hydrogen-bond donors (Lipinski definition) is 2. The number of carbonyl (C=O) groups excluding carboxylic acids is 1. The van der Waals surface area contributed by atoms with Crippen LogP contribution in [-0.4, -0.2) is 37.2 Å². The molecule has 2 rings (SSSR count). The van der Waals surface area contributed by atoms with E-state index >= 15 is 0 Å². The number of halogens is 1. The van der Waals surface area contributed by atoms with Gasteiger partial charge in [0.05, 0.1) is 24.9 Å². The quantitative estimate of drug-likeness (QED) is 0.366. The Morgan fingerprint density at radius 2 is 2.10 bits per heavy atom. The number of nitrogens with zero attached hydrogens (tertiary/aromatic N) is 2. The molecular formula is C20H27ClN4O3S. The first-order valence-corrected chi connectivity index (χ1v) is 10.6. The number of thiazole rings is 1. The number of nitrogens with one attached hydrogen (secondary N) is 2. The summed E-state index contributed by atoms with van der Waals surface area (Å²) < 4.78 is 10.7. The molecule has 0 bridgehead atoms. The van der Waals surface area contributed by atoms with E-state index in [1.807, 2.05) is 32.9 Å². The summed E-state index contributed by atoms with van der Waals surface area (Å²) in [5, 5.41) is 7.98. The first kappa shape index (κ1) is 23.0. The lowest BCUT2D eigenvalue weighted by Crippen LogP contribution is -2.38. The number of rotatable bonds is 8. The Labute approximate surface area is 180 Å². The minimum absolute atomic E-state index is 0.135. The maximum atomic E-state index is 12.0. The second-order valence-electron chi connectivity index (χ2n) is 6.16. The number of aliphatic imine (C=N–C) groups is 1. The number of ether oxygens (including phenoxy) is 2. The third-order valence-corrected chi connectivity index (χ3v) is 5.55. The fourth-order valence-corrected chi connectivity index (χ4v) is 3.72. The molecule has 1 heterocycles. The normalized spacial score (nSPS) is 12.4. The molecule has 7 nitrogen and oxygen atoms in total. The first-order valence-electron chi connectivity index (χ1n) is 9.42. The van der Waals surface area contributed by atoms with Crippen LogP contribution >= 0.6 is 22.9 Å². The number of hydrogen-bond acceptors (Lipinski definition) is 6. The number of aryl methyl sites for hydroxylation is 1. The topological polar surface area (TPSA) is 84.8 Å². The molecule has 1 atom stereocenters. The Hall–Kier alpha value is -2.32. The van der Waals surface area contributed by atoms with Crippen LogP contribution in [0, 0.1) is 6.92 Å². The van der Waals surface area contributed by atoms with Crippen LogP contribution in [0.15, 0.2) is 23.2 Å². The zero-order valence-corrected chi connectivity index (χ0v) is 18.9. The number of esters is 1. The predicted molar refractivity (Wildman–Crippen MR) is 117 cm³/mol. The summed E-state index contributed by atoms with van der Waals surface area (Å²) in [5.74, 6) is 1.01. The zero-order chi connectivity index (χ0) is 21.4. The van der Waals surface area contributed by atoms with Crippen LogP contribution in [0.1, 0.15) is 52.7 Å². The van der Waals surface area contributed by atoms with Gasteiger partial charge in [-0.2, -0.15) is 0 Å². The molecule has 9 heteroatoms. The predicted octanol–water partition coefficient (Wildman–Crippen LogP) is 4.11. The third-order valence-electron chi connectivity index (χ3n) is 4.00. The van der Waals surface area contributed by atoms with Crippen molar-refractivity contribution in [1.82, 2.24) is 15.6 Å². The molecule has 1 aromatic heterocycles. The fraction of sp³-hybridized carbons (Fsp3) is 0.450. The Morgan fingerprint density at radius 1 is 1.34 bits per heavy atom. The van der Waals surface area contributed by atoms with Crippen molar-refractivity contribution in [3.8, 4) is 5.75 Å². The van der Waals surface area contributed by atoms with E-state index in [1.54, 1.807) is 20.0 Å². The van der Waals surface area contributed by atoms with Crippen LogP contribution in [0.3, 0.4) is 0 Å². The van der Waals surface area contributed by atoms with Gasteiger partial charge in [0.2, 0.25) is 0 Å². The lowest BCUT2D eigenvalue weighted by Gasteiger charge is -2.17. The van der Waals surface area contributed by atoms with Gasteiger partial charge in [-0.05, 0) is 39.8 Å². The molecule has 0 amide bonds. The van der Waals surface area contributed by atoms with Crippen molar-refractivity contribution in [1.29, 1.82) is 0 Å². The van der Waals surface area contributed by atoms with Crippen LogP contribution in [0.25, 0.3) is 0 Å². The Bertz CT molecular complexity index is 869. The second-order valence-corrected chi connectivity index (χ2v) is 7.63. The Morgan fingerprint density at radius 3 is 2.76 bits per heavy atom. The maximum Gasteiger partial charge on any atom is 0.350 e. The average Bonchev–Trinajstić information content (AvgIpc) is 3.08. The molecular weight excluding hydrogens is 412 g/mol. The van der Waals surface area contributed by atoms with Gasteiger partial charge in [0, 0.05) is 24.2 Å². The molecule has 0 spiro atoms. The zero-order valence-electron chi connectivity index (χ0n) is 17.3. The summed E-state index contributed by atoms with van der Waals surface area (Å²) >= 11 is 7.39. The number of carbonyl (C=O) groups is 1. The molecule has 0 radical (unpaired) electrons. The highest BCUT2D eigenvalue weighted by Gasteiger charge is 2.20. The second kappa shape index (κ2) is 11.0. The molecule has 29 heavy (non-hydrogen) atoms. The summed E-state index contributed by atoms with van der Waals surface area (Å²) in [7, 11) is 1.70. The molecule has 2 N–H and O–H groups in total. The lowest BCUT2D eigenvalue weighted by molar-refractivity contribution is 0.0531. The standard InChI is InChI=1S/C20H27ClN4O3S/c1-6-27-16-10-15(21)9-8-14(16)11-23-20(22-5)25-13(4)18-24-12(3)17(29-18)19(26)28-7-2/h8-10,13H,6-7,11H2,1-5H3,(H2,22,23,25). The third kappa shape index (κ3) is 6.33. The van der Waals surface area contributed by atoms with Crippen LogP contribution in [0.4, 0.5) is 0 Å². The summed E-state index contributed by atoms with van der Waals surface area (Å²) in [6.07, 6.45) is 0. The smallest absolute Gasteiger partial charge is 0.350 e. The Kier molecular flexibility index (Phi) is 8.72. The van der Waals surface area contributed by atoms with Crippen molar-refractivity contribution >= 4 is 34.9 Å². The van der Waals surface area contributed by atoms with Crippen LogP contribution in [-0.2, 0) is 11.3 Å². The summed E-state index contributed by atoms with van der Waals surface area (Å²) in [6, 6.07) is 5.42. The van der Waals surface area contributed by atoms with Gasteiger partial charge in [-0.1, -0.05) is 17.7 Å². The van der Waals surface area contributed by atoms with Gasteiger partial charge in [-0.25, -0.2) is 9.78 Å². The maximum absolute atomic E-state index is 12.0. The molecule has 2 aromatic rings. The summed E-state index contributed by atoms with van der Waals surface area (Å²) in [4.78, 5) is 21.3. The van der Waals surface area contributed by atoms with Crippen LogP contribution in [0.5, 0.6) is 5.75 Å². The molecule has 0 aliphatic carbocycles. The Balaban J connectivity index is 2.04. The van der Waals surface area contributed by atoms with Crippen molar-refractivity contribution in [2.75, 3.05) is 20.3 Å². The van der Waals surface area contributed by atoms with Gasteiger partial charge < -0.3 is 20.1 Å². The van der Waals surface area contributed by atoms with Crippen molar-refractivity contribution in [3.05, 3.63) is 44.4 Å². The minimum atomic E-state index is -0.338. The summed E-state index contributed by atoms with van der Waals surface area (Å²) in [6.45, 7) is 8.90. The monoisotopic (exact) mass is 438 g/mol. The molecule has 0 saturated carbocycles. The molecule has 1 aromatic carbocycles. The van der Waals surface area contributed by atoms with E-state index < -0.39 is 0 Å². The van der Waals surface area contributed by atoms with E-state index in [1.165, 1.54) is 11.3 Å². The molecule has 0 fully saturated rings. The average molecular weight is 439 g/mol. The highest BCUT2D eigenvalue weighted by Crippen LogP contribution is 2.25. The van der Waals surface area contributed by atoms with Crippen molar-refractivity contribution in [3.63, 3.8) is 0 Å². The molecule has 1 unspecified atom stereocenters. The SMILES string of the molecule is CCOC(=O)c1sc(C(C)NC(=NC)NCc2ccc(Cl)cc2OCC)nc1C. The molecule has 158 valence electrons. The van der Waals surface area contributed by atoms with E-state index in [0.29, 0.717) is 41.3 Å². The molecule has 0 saturated heterocycles. The number of guanidine groups is 1. The fourth-order valence-electron chi connectivity index (χ4n) is 2.59. The van der Waals surface area contributed by atoms with Crippen molar-refractivity contribution < 1.29 is 14.3 Å². The van der Waals surface area contributed by atoms with E-state index in [4.69, 9.17) is 21.1 Å². The van der Waals surface area contributed by atoms with Gasteiger partial charge in [-0.15, -0.1) is 11.3 Å². The number of benzene rings is 1. The lowest BCUT2D eigenvalue weighted by atomic mass is 10.2. The molecule has 0 aliphatic heterocycles. The van der Waals surface area contributed by atoms with Crippen molar-refractivity contribution in [2.45, 2.75) is 40.3 Å². The van der Waals surface area contributed by atoms with Gasteiger partial charge in [0.15, 0.2) is 5.96 Å². The van der Waals surface area contributed by atoms with Gasteiger partial charge in [0.25, 0.3) is 0 Å².